The van der Waals surface area contributed by atoms with Gasteiger partial charge in [0.15, 0.2) is 0 Å². The van der Waals surface area contributed by atoms with Crippen LogP contribution in [0.25, 0.3) is 0 Å². The van der Waals surface area contributed by atoms with Gasteiger partial charge in [0.05, 0.1) is 0 Å². The van der Waals surface area contributed by atoms with Crippen molar-refractivity contribution < 1.29 is 13.2 Å². The average molecular weight is 175 g/mol. The number of hydrogen-bond acceptors (Lipinski definition) is 1. The van der Waals surface area contributed by atoms with Crippen molar-refractivity contribution in [3.63, 3.8) is 0 Å². The van der Waals surface area contributed by atoms with E-state index < -0.39 is 23.5 Å². The molecule has 0 aromatic heterocycles. The molecule has 1 rings (SSSR count). The van der Waals surface area contributed by atoms with E-state index in [2.05, 4.69) is 0 Å². The Morgan fingerprint density at radius 1 is 1.17 bits per heavy atom. The van der Waals surface area contributed by atoms with Gasteiger partial charge in [-0.25, -0.2) is 13.2 Å². The van der Waals surface area contributed by atoms with Gasteiger partial charge in [-0.1, -0.05) is 0 Å². The first-order valence-corrected chi connectivity index (χ1v) is 3.42. The summed E-state index contributed by atoms with van der Waals surface area (Å²) in [6, 6.07) is 0.453. The first kappa shape index (κ1) is 9.06. The molecule has 0 aliphatic heterocycles. The largest absolute Gasteiger partial charge is 0.324 e. The predicted molar refractivity (Wildman–Crippen MR) is 38.9 cm³/mol. The topological polar surface area (TPSA) is 26.0 Å². The van der Waals surface area contributed by atoms with E-state index in [9.17, 15) is 13.2 Å². The molecule has 1 nitrogen and oxygen atoms in total. The van der Waals surface area contributed by atoms with Crippen molar-refractivity contribution in [1.82, 2.24) is 0 Å². The second kappa shape index (κ2) is 3.15. The molecule has 0 aliphatic carbocycles. The van der Waals surface area contributed by atoms with Crippen molar-refractivity contribution in [2.24, 2.45) is 5.73 Å². The van der Waals surface area contributed by atoms with Gasteiger partial charge in [0, 0.05) is 23.7 Å². The molecule has 0 saturated heterocycles. The minimum atomic E-state index is -0.942. The molecular weight excluding hydrogens is 167 g/mol. The molecule has 66 valence electrons. The fourth-order valence-corrected chi connectivity index (χ4v) is 0.988. The average Bonchev–Trinajstić information content (AvgIpc) is 1.82. The Morgan fingerprint density at radius 3 is 1.92 bits per heavy atom. The normalized spacial score (nSPS) is 13.1. The van der Waals surface area contributed by atoms with E-state index in [0.29, 0.717) is 12.1 Å². The Bertz CT molecular complexity index is 273. The van der Waals surface area contributed by atoms with Crippen LogP contribution < -0.4 is 5.73 Å². The molecule has 0 radical (unpaired) electrons. The van der Waals surface area contributed by atoms with Crippen molar-refractivity contribution in [2.75, 3.05) is 0 Å². The lowest BCUT2D eigenvalue weighted by Crippen LogP contribution is -2.10. The van der Waals surface area contributed by atoms with Crippen molar-refractivity contribution in [2.45, 2.75) is 13.0 Å². The molecule has 0 heterocycles. The highest BCUT2D eigenvalue weighted by atomic mass is 19.1. The van der Waals surface area contributed by atoms with Crippen LogP contribution in [0.2, 0.25) is 0 Å². The summed E-state index contributed by atoms with van der Waals surface area (Å²) in [5.41, 5.74) is 4.98. The highest BCUT2D eigenvalue weighted by Crippen LogP contribution is 2.19. The zero-order chi connectivity index (χ0) is 9.30. The van der Waals surface area contributed by atoms with Crippen LogP contribution in [0.1, 0.15) is 18.5 Å². The number of halogens is 3. The summed E-state index contributed by atoms with van der Waals surface area (Å²) in [5.74, 6) is -2.82. The highest BCUT2D eigenvalue weighted by Gasteiger charge is 2.14. The van der Waals surface area contributed by atoms with Crippen molar-refractivity contribution in [1.29, 1.82) is 0 Å². The summed E-state index contributed by atoms with van der Waals surface area (Å²) >= 11 is 0. The lowest BCUT2D eigenvalue weighted by molar-refractivity contribution is 0.510. The molecular formula is C8H8F3N. The smallest absolute Gasteiger partial charge is 0.133 e. The van der Waals surface area contributed by atoms with Gasteiger partial charge < -0.3 is 5.73 Å². The molecule has 4 heteroatoms. The monoisotopic (exact) mass is 175 g/mol. The first-order chi connectivity index (χ1) is 5.52. The van der Waals surface area contributed by atoms with Crippen LogP contribution >= 0.6 is 0 Å². The van der Waals surface area contributed by atoms with E-state index in [1.807, 2.05) is 0 Å². The zero-order valence-electron chi connectivity index (χ0n) is 6.44. The number of benzene rings is 1. The van der Waals surface area contributed by atoms with Crippen molar-refractivity contribution >= 4 is 0 Å². The molecule has 0 aliphatic rings. The minimum Gasteiger partial charge on any atom is -0.324 e. The molecule has 1 atom stereocenters. The van der Waals surface area contributed by atoms with Crippen LogP contribution in [0.15, 0.2) is 12.1 Å². The fraction of sp³-hybridized carbons (Fsp3) is 0.250. The van der Waals surface area contributed by atoms with Crippen LogP contribution in [-0.2, 0) is 0 Å². The molecule has 1 aromatic rings. The van der Waals surface area contributed by atoms with Crippen LogP contribution in [0.4, 0.5) is 13.2 Å². The molecule has 0 saturated carbocycles. The molecule has 1 aromatic carbocycles. The fourth-order valence-electron chi connectivity index (χ4n) is 0.988. The van der Waals surface area contributed by atoms with Crippen molar-refractivity contribution in [3.8, 4) is 0 Å². The summed E-state index contributed by atoms with van der Waals surface area (Å²) in [5, 5.41) is 0. The van der Waals surface area contributed by atoms with Gasteiger partial charge in [0.1, 0.15) is 17.5 Å². The number of nitrogens with two attached hydrogens (primary N) is 1. The van der Waals surface area contributed by atoms with Gasteiger partial charge in [-0.05, 0) is 6.92 Å². The Kier molecular flexibility index (Phi) is 2.38. The summed E-state index contributed by atoms with van der Waals surface area (Å²) in [6.07, 6.45) is 0. The predicted octanol–water partition coefficient (Wildman–Crippen LogP) is 2.12. The SMILES string of the molecule is C[C@H](N)c1c(F)cc(F)cc1F. The molecule has 0 unspecified atom stereocenters. The van der Waals surface area contributed by atoms with Gasteiger partial charge in [-0.2, -0.15) is 0 Å². The summed E-state index contributed by atoms with van der Waals surface area (Å²) < 4.78 is 38.0. The van der Waals surface area contributed by atoms with Gasteiger partial charge >= 0.3 is 0 Å². The number of rotatable bonds is 1. The van der Waals surface area contributed by atoms with E-state index in [4.69, 9.17) is 5.73 Å². The molecule has 12 heavy (non-hydrogen) atoms. The summed E-state index contributed by atoms with van der Waals surface area (Å²) in [6.45, 7) is 1.43. The molecule has 0 amide bonds. The summed E-state index contributed by atoms with van der Waals surface area (Å²) in [4.78, 5) is 0. The molecule has 0 spiro atoms. The Balaban J connectivity index is 3.28. The maximum absolute atomic E-state index is 12.8. The Hall–Kier alpha value is -1.03. The Morgan fingerprint density at radius 2 is 1.58 bits per heavy atom. The third-order valence-corrected chi connectivity index (χ3v) is 1.50. The standard InChI is InChI=1S/C8H8F3N/c1-4(12)8-6(10)2-5(9)3-7(8)11/h2-4H,12H2,1H3/t4-/m0/s1. The van der Waals surface area contributed by atoms with Gasteiger partial charge in [0.2, 0.25) is 0 Å². The lowest BCUT2D eigenvalue weighted by atomic mass is 10.1. The zero-order valence-corrected chi connectivity index (χ0v) is 6.44. The van der Waals surface area contributed by atoms with E-state index in [0.717, 1.165) is 0 Å². The second-order valence-corrected chi connectivity index (χ2v) is 2.57. The third kappa shape index (κ3) is 1.58. The highest BCUT2D eigenvalue weighted by molar-refractivity contribution is 5.23. The van der Waals surface area contributed by atoms with Gasteiger partial charge in [0.25, 0.3) is 0 Å². The first-order valence-electron chi connectivity index (χ1n) is 3.42. The Labute approximate surface area is 68.0 Å². The molecule has 0 fully saturated rings. The second-order valence-electron chi connectivity index (χ2n) is 2.57. The van der Waals surface area contributed by atoms with Crippen LogP contribution in [0, 0.1) is 17.5 Å². The van der Waals surface area contributed by atoms with Crippen LogP contribution in [0.3, 0.4) is 0 Å². The van der Waals surface area contributed by atoms with Crippen LogP contribution in [-0.4, -0.2) is 0 Å². The van der Waals surface area contributed by atoms with Crippen molar-refractivity contribution in [3.05, 3.63) is 35.1 Å². The van der Waals surface area contributed by atoms with E-state index in [1.165, 1.54) is 6.92 Å². The maximum Gasteiger partial charge on any atom is 0.133 e. The van der Waals surface area contributed by atoms with E-state index in [1.54, 1.807) is 0 Å². The van der Waals surface area contributed by atoms with E-state index in [-0.39, 0.29) is 5.56 Å². The number of hydrogen-bond donors (Lipinski definition) is 1. The van der Waals surface area contributed by atoms with Crippen LogP contribution in [0.5, 0.6) is 0 Å². The van der Waals surface area contributed by atoms with E-state index >= 15 is 0 Å². The summed E-state index contributed by atoms with van der Waals surface area (Å²) in [7, 11) is 0. The van der Waals surface area contributed by atoms with Gasteiger partial charge in [-0.15, -0.1) is 0 Å². The molecule has 0 bridgehead atoms. The van der Waals surface area contributed by atoms with Gasteiger partial charge in [-0.3, -0.25) is 0 Å². The quantitative estimate of drug-likeness (QED) is 0.695. The minimum absolute atomic E-state index is 0.281. The lowest BCUT2D eigenvalue weighted by Gasteiger charge is -2.07. The third-order valence-electron chi connectivity index (χ3n) is 1.50. The molecule has 2 N–H and O–H groups in total. The maximum atomic E-state index is 12.8.